The minimum absolute atomic E-state index is 0.381. The van der Waals surface area contributed by atoms with Crippen LogP contribution in [-0.4, -0.2) is 41.7 Å². The minimum atomic E-state index is -0.821. The first-order valence-electron chi connectivity index (χ1n) is 6.68. The minimum Gasteiger partial charge on any atom is -0.497 e. The van der Waals surface area contributed by atoms with Crippen LogP contribution in [0.15, 0.2) is 18.2 Å². The molecule has 1 atom stereocenters. The highest BCUT2D eigenvalue weighted by Crippen LogP contribution is 2.23. The summed E-state index contributed by atoms with van der Waals surface area (Å²) in [7, 11) is 3.43. The predicted molar refractivity (Wildman–Crippen MR) is 80.9 cm³/mol. The average Bonchev–Trinajstić information content (AvgIpc) is 2.45. The Bertz CT molecular complexity index is 673. The number of carbonyl (C=O) groups is 1. The van der Waals surface area contributed by atoms with Crippen molar-refractivity contribution in [1.29, 1.82) is 0 Å². The maximum Gasteiger partial charge on any atom is 0.308 e. The fourth-order valence-corrected chi connectivity index (χ4v) is 2.18. The number of nitrogens with zero attached hydrogens (tertiary/aromatic N) is 3. The summed E-state index contributed by atoms with van der Waals surface area (Å²) in [5, 5.41) is 9.00. The van der Waals surface area contributed by atoms with Gasteiger partial charge in [0.2, 0.25) is 0 Å². The van der Waals surface area contributed by atoms with Crippen molar-refractivity contribution in [3.05, 3.63) is 23.9 Å². The Morgan fingerprint density at radius 3 is 2.71 bits per heavy atom. The highest BCUT2D eigenvalue weighted by molar-refractivity contribution is 5.78. The summed E-state index contributed by atoms with van der Waals surface area (Å²) < 4.78 is 5.18. The van der Waals surface area contributed by atoms with Crippen molar-refractivity contribution in [2.24, 2.45) is 5.92 Å². The summed E-state index contributed by atoms with van der Waals surface area (Å²) in [6.07, 6.45) is 0. The van der Waals surface area contributed by atoms with Gasteiger partial charge in [0, 0.05) is 19.7 Å². The molecule has 1 aromatic carbocycles. The largest absolute Gasteiger partial charge is 0.497 e. The number of aryl methyl sites for hydroxylation is 1. The second kappa shape index (κ2) is 5.95. The first-order chi connectivity index (χ1) is 9.92. The van der Waals surface area contributed by atoms with Crippen LogP contribution in [0.1, 0.15) is 12.6 Å². The zero-order valence-corrected chi connectivity index (χ0v) is 12.6. The van der Waals surface area contributed by atoms with Crippen LogP contribution in [0.2, 0.25) is 0 Å². The molecule has 0 aliphatic heterocycles. The van der Waals surface area contributed by atoms with E-state index >= 15 is 0 Å². The molecule has 0 bridgehead atoms. The molecule has 0 aliphatic carbocycles. The first kappa shape index (κ1) is 15.0. The Morgan fingerprint density at radius 1 is 1.38 bits per heavy atom. The van der Waals surface area contributed by atoms with Gasteiger partial charge in [0.05, 0.1) is 29.8 Å². The van der Waals surface area contributed by atoms with E-state index in [0.717, 1.165) is 22.5 Å². The number of aromatic nitrogens is 2. The lowest BCUT2D eigenvalue weighted by atomic mass is 10.1. The quantitative estimate of drug-likeness (QED) is 0.908. The predicted octanol–water partition coefficient (Wildman–Crippen LogP) is 2.10. The Hall–Kier alpha value is -2.37. The molecule has 0 saturated heterocycles. The molecule has 0 radical (unpaired) electrons. The molecule has 0 spiro atoms. The van der Waals surface area contributed by atoms with E-state index in [1.54, 1.807) is 14.0 Å². The van der Waals surface area contributed by atoms with Crippen molar-refractivity contribution >= 4 is 22.8 Å². The summed E-state index contributed by atoms with van der Waals surface area (Å²) in [6, 6.07) is 5.51. The summed E-state index contributed by atoms with van der Waals surface area (Å²) in [4.78, 5) is 21.9. The number of aliphatic carboxylic acids is 1. The van der Waals surface area contributed by atoms with E-state index < -0.39 is 11.9 Å². The number of ether oxygens (including phenoxy) is 1. The molecule has 1 unspecified atom stereocenters. The van der Waals surface area contributed by atoms with Gasteiger partial charge < -0.3 is 14.7 Å². The Morgan fingerprint density at radius 2 is 2.10 bits per heavy atom. The highest BCUT2D eigenvalue weighted by atomic mass is 16.5. The van der Waals surface area contributed by atoms with Crippen LogP contribution >= 0.6 is 0 Å². The molecule has 0 fully saturated rings. The lowest BCUT2D eigenvalue weighted by molar-refractivity contribution is -0.140. The third-order valence-corrected chi connectivity index (χ3v) is 3.35. The number of hydrogen-bond donors (Lipinski definition) is 1. The van der Waals surface area contributed by atoms with Crippen molar-refractivity contribution in [1.82, 2.24) is 9.97 Å². The monoisotopic (exact) mass is 289 g/mol. The molecule has 6 nitrogen and oxygen atoms in total. The SMILES string of the molecule is COc1ccc2nc(N(C)CC(C)C(=O)O)c(C)nc2c1. The van der Waals surface area contributed by atoms with Crippen LogP contribution in [0, 0.1) is 12.8 Å². The van der Waals surface area contributed by atoms with Crippen LogP contribution in [0.3, 0.4) is 0 Å². The molecule has 1 heterocycles. The summed E-state index contributed by atoms with van der Waals surface area (Å²) in [5.74, 6) is 0.137. The number of rotatable bonds is 5. The van der Waals surface area contributed by atoms with Gasteiger partial charge in [0.1, 0.15) is 5.75 Å². The van der Waals surface area contributed by atoms with Crippen LogP contribution in [0.4, 0.5) is 5.82 Å². The zero-order valence-electron chi connectivity index (χ0n) is 12.6. The number of carboxylic acids is 1. The maximum absolute atomic E-state index is 11.0. The lowest BCUT2D eigenvalue weighted by Crippen LogP contribution is -2.29. The van der Waals surface area contributed by atoms with E-state index in [4.69, 9.17) is 9.84 Å². The van der Waals surface area contributed by atoms with Crippen LogP contribution in [0.25, 0.3) is 11.0 Å². The third-order valence-electron chi connectivity index (χ3n) is 3.35. The Kier molecular flexibility index (Phi) is 4.26. The fourth-order valence-electron chi connectivity index (χ4n) is 2.18. The van der Waals surface area contributed by atoms with Crippen molar-refractivity contribution in [2.45, 2.75) is 13.8 Å². The number of hydrogen-bond acceptors (Lipinski definition) is 5. The van der Waals surface area contributed by atoms with Crippen molar-refractivity contribution in [2.75, 3.05) is 25.6 Å². The molecule has 0 saturated carbocycles. The Labute approximate surface area is 123 Å². The van der Waals surface area contributed by atoms with Gasteiger partial charge >= 0.3 is 5.97 Å². The van der Waals surface area contributed by atoms with Gasteiger partial charge in [0.15, 0.2) is 5.82 Å². The van der Waals surface area contributed by atoms with E-state index in [1.165, 1.54) is 0 Å². The number of methoxy groups -OCH3 is 1. The molecule has 1 N–H and O–H groups in total. The van der Waals surface area contributed by atoms with Gasteiger partial charge in [-0.05, 0) is 19.1 Å². The van der Waals surface area contributed by atoms with Crippen molar-refractivity contribution < 1.29 is 14.6 Å². The van der Waals surface area contributed by atoms with E-state index in [2.05, 4.69) is 9.97 Å². The van der Waals surface area contributed by atoms with Crippen molar-refractivity contribution in [3.63, 3.8) is 0 Å². The number of carboxylic acid groups (broad SMARTS) is 1. The van der Waals surface area contributed by atoms with Crippen LogP contribution < -0.4 is 9.64 Å². The number of benzene rings is 1. The molecule has 21 heavy (non-hydrogen) atoms. The second-order valence-electron chi connectivity index (χ2n) is 5.11. The van der Waals surface area contributed by atoms with E-state index in [-0.39, 0.29) is 0 Å². The van der Waals surface area contributed by atoms with E-state index in [0.29, 0.717) is 12.4 Å². The molecule has 2 rings (SSSR count). The normalized spacial score (nSPS) is 12.2. The first-order valence-corrected chi connectivity index (χ1v) is 6.68. The summed E-state index contributed by atoms with van der Waals surface area (Å²) >= 11 is 0. The van der Waals surface area contributed by atoms with Gasteiger partial charge in [-0.25, -0.2) is 9.97 Å². The molecule has 0 aliphatic rings. The number of anilines is 1. The topological polar surface area (TPSA) is 75.5 Å². The molecule has 1 aromatic heterocycles. The van der Waals surface area contributed by atoms with E-state index in [1.807, 2.05) is 37.1 Å². The average molecular weight is 289 g/mol. The highest BCUT2D eigenvalue weighted by Gasteiger charge is 2.17. The van der Waals surface area contributed by atoms with Gasteiger partial charge in [-0.3, -0.25) is 4.79 Å². The third kappa shape index (κ3) is 3.21. The lowest BCUT2D eigenvalue weighted by Gasteiger charge is -2.22. The molecule has 6 heteroatoms. The zero-order chi connectivity index (χ0) is 15.6. The fraction of sp³-hybridized carbons (Fsp3) is 0.400. The molecule has 0 amide bonds. The number of fused-ring (bicyclic) bond motifs is 1. The van der Waals surface area contributed by atoms with Gasteiger partial charge in [-0.2, -0.15) is 0 Å². The van der Waals surface area contributed by atoms with Crippen LogP contribution in [-0.2, 0) is 4.79 Å². The van der Waals surface area contributed by atoms with Gasteiger partial charge in [-0.15, -0.1) is 0 Å². The Balaban J connectivity index is 2.36. The molecular weight excluding hydrogens is 270 g/mol. The van der Waals surface area contributed by atoms with Gasteiger partial charge in [0.25, 0.3) is 0 Å². The molecular formula is C15H19N3O3. The molecule has 112 valence electrons. The standard InChI is InChI=1S/C15H19N3O3/c1-9(15(19)20)8-18(3)14-10(2)16-13-7-11(21-4)5-6-12(13)17-14/h5-7,9H,8H2,1-4H3,(H,19,20). The molecule has 2 aromatic rings. The van der Waals surface area contributed by atoms with Crippen molar-refractivity contribution in [3.8, 4) is 5.75 Å². The maximum atomic E-state index is 11.0. The van der Waals surface area contributed by atoms with Crippen LogP contribution in [0.5, 0.6) is 5.75 Å². The van der Waals surface area contributed by atoms with E-state index in [9.17, 15) is 4.79 Å². The smallest absolute Gasteiger partial charge is 0.308 e. The van der Waals surface area contributed by atoms with Gasteiger partial charge in [-0.1, -0.05) is 6.92 Å². The second-order valence-corrected chi connectivity index (χ2v) is 5.11. The summed E-state index contributed by atoms with van der Waals surface area (Å²) in [6.45, 7) is 3.92. The summed E-state index contributed by atoms with van der Waals surface area (Å²) in [5.41, 5.74) is 2.28.